The van der Waals surface area contributed by atoms with Crippen LogP contribution in [0.4, 0.5) is 0 Å². The minimum absolute atomic E-state index is 0.00843. The predicted octanol–water partition coefficient (Wildman–Crippen LogP) is 4.72. The third-order valence-corrected chi connectivity index (χ3v) is 7.95. The minimum atomic E-state index is -0.313. The van der Waals surface area contributed by atoms with Crippen LogP contribution in [0.25, 0.3) is 10.2 Å². The van der Waals surface area contributed by atoms with Crippen LogP contribution in [0, 0.1) is 13.8 Å². The van der Waals surface area contributed by atoms with Gasteiger partial charge < -0.3 is 4.90 Å². The summed E-state index contributed by atoms with van der Waals surface area (Å²) in [5.74, 6) is 0.0951. The number of fused-ring (bicyclic) bond motifs is 2. The molecule has 0 spiro atoms. The topological polar surface area (TPSA) is 55.2 Å². The number of benzene rings is 1. The van der Waals surface area contributed by atoms with Gasteiger partial charge in [-0.1, -0.05) is 36.0 Å². The normalized spacial score (nSPS) is 14.9. The van der Waals surface area contributed by atoms with Crippen molar-refractivity contribution in [2.75, 3.05) is 6.54 Å². The molecule has 0 saturated carbocycles. The maximum Gasteiger partial charge on any atom is 0.263 e. The molecule has 5 nitrogen and oxygen atoms in total. The average molecular weight is 442 g/mol. The van der Waals surface area contributed by atoms with Crippen molar-refractivity contribution in [1.29, 1.82) is 0 Å². The first-order chi connectivity index (χ1) is 14.3. The monoisotopic (exact) mass is 441 g/mol. The Morgan fingerprint density at radius 1 is 1.17 bits per heavy atom. The van der Waals surface area contributed by atoms with Gasteiger partial charge in [-0.3, -0.25) is 14.2 Å². The zero-order valence-corrected chi connectivity index (χ0v) is 19.7. The zero-order valence-electron chi connectivity index (χ0n) is 18.1. The van der Waals surface area contributed by atoms with E-state index in [1.165, 1.54) is 22.9 Å². The molecule has 1 atom stereocenters. The third kappa shape index (κ3) is 3.69. The third-order valence-electron chi connectivity index (χ3n) is 5.79. The molecule has 2 aromatic heterocycles. The molecule has 0 aliphatic carbocycles. The molecule has 1 aliphatic heterocycles. The molecule has 3 heterocycles. The van der Waals surface area contributed by atoms with Gasteiger partial charge in [0.25, 0.3) is 5.56 Å². The Bertz CT molecular complexity index is 1180. The van der Waals surface area contributed by atoms with Crippen LogP contribution in [-0.4, -0.2) is 32.2 Å². The molecule has 30 heavy (non-hydrogen) atoms. The summed E-state index contributed by atoms with van der Waals surface area (Å²) in [4.78, 5) is 35.1. The molecule has 4 rings (SSSR count). The van der Waals surface area contributed by atoms with Crippen molar-refractivity contribution in [3.8, 4) is 0 Å². The first-order valence-electron chi connectivity index (χ1n) is 10.3. The summed E-state index contributed by atoms with van der Waals surface area (Å²) in [5.41, 5.74) is 3.55. The molecule has 3 aromatic rings. The number of amides is 1. The van der Waals surface area contributed by atoms with E-state index in [-0.39, 0.29) is 22.8 Å². The quantitative estimate of drug-likeness (QED) is 0.434. The van der Waals surface area contributed by atoms with Gasteiger partial charge in [-0.15, -0.1) is 11.3 Å². The summed E-state index contributed by atoms with van der Waals surface area (Å²) < 4.78 is 1.74. The maximum atomic E-state index is 13.2. The smallest absolute Gasteiger partial charge is 0.263 e. The van der Waals surface area contributed by atoms with Crippen LogP contribution in [0.3, 0.4) is 0 Å². The standard InChI is InChI=1S/C23H27N3O2S2/c1-13(2)26-22(28)19-14(3)15(4)29-20(19)24-23(26)30-16(5)21(27)25-11-10-17-8-6-7-9-18(17)12-25/h6-9,13,16H,10-12H2,1-5H3. The highest BCUT2D eigenvalue weighted by molar-refractivity contribution is 8.00. The molecule has 0 N–H and O–H groups in total. The van der Waals surface area contributed by atoms with Gasteiger partial charge in [0.05, 0.1) is 10.6 Å². The summed E-state index contributed by atoms with van der Waals surface area (Å²) in [6.07, 6.45) is 0.883. The maximum absolute atomic E-state index is 13.2. The summed E-state index contributed by atoms with van der Waals surface area (Å²) in [6.45, 7) is 11.3. The SMILES string of the molecule is Cc1sc2nc(SC(C)C(=O)N3CCc4ccccc4C3)n(C(C)C)c(=O)c2c1C. The minimum Gasteiger partial charge on any atom is -0.337 e. The van der Waals surface area contributed by atoms with E-state index in [1.807, 2.05) is 45.6 Å². The average Bonchev–Trinajstić information content (AvgIpc) is 3.00. The lowest BCUT2D eigenvalue weighted by atomic mass is 10.00. The number of hydrogen-bond acceptors (Lipinski definition) is 5. The van der Waals surface area contributed by atoms with E-state index in [0.29, 0.717) is 17.1 Å². The fourth-order valence-corrected chi connectivity index (χ4v) is 6.17. The lowest BCUT2D eigenvalue weighted by molar-refractivity contribution is -0.131. The largest absolute Gasteiger partial charge is 0.337 e. The van der Waals surface area contributed by atoms with E-state index in [2.05, 4.69) is 18.2 Å². The number of carbonyl (C=O) groups is 1. The van der Waals surface area contributed by atoms with Gasteiger partial charge in [0.15, 0.2) is 5.16 Å². The molecule has 1 unspecified atom stereocenters. The van der Waals surface area contributed by atoms with Crippen molar-refractivity contribution in [2.45, 2.75) is 64.0 Å². The van der Waals surface area contributed by atoms with E-state index < -0.39 is 0 Å². The van der Waals surface area contributed by atoms with Crippen molar-refractivity contribution in [3.05, 3.63) is 56.2 Å². The van der Waals surface area contributed by atoms with E-state index in [0.717, 1.165) is 28.2 Å². The van der Waals surface area contributed by atoms with Crippen molar-refractivity contribution in [1.82, 2.24) is 14.5 Å². The molecule has 1 aliphatic rings. The summed E-state index contributed by atoms with van der Waals surface area (Å²) in [5, 5.41) is 1.02. The fourth-order valence-electron chi connectivity index (χ4n) is 3.98. The van der Waals surface area contributed by atoms with Crippen LogP contribution in [0.1, 0.15) is 48.4 Å². The van der Waals surface area contributed by atoms with Crippen LogP contribution in [-0.2, 0) is 17.8 Å². The highest BCUT2D eigenvalue weighted by Gasteiger charge is 2.27. The van der Waals surface area contributed by atoms with Crippen LogP contribution in [0.5, 0.6) is 0 Å². The van der Waals surface area contributed by atoms with Gasteiger partial charge in [0.2, 0.25) is 5.91 Å². The predicted molar refractivity (Wildman–Crippen MR) is 125 cm³/mol. The number of hydrogen-bond donors (Lipinski definition) is 0. The number of thioether (sulfide) groups is 1. The highest BCUT2D eigenvalue weighted by Crippen LogP contribution is 2.31. The van der Waals surface area contributed by atoms with E-state index in [9.17, 15) is 9.59 Å². The zero-order chi connectivity index (χ0) is 21.6. The molecule has 0 radical (unpaired) electrons. The lowest BCUT2D eigenvalue weighted by Crippen LogP contribution is -2.40. The second-order valence-electron chi connectivity index (χ2n) is 8.17. The first kappa shape index (κ1) is 21.1. The molecule has 0 fully saturated rings. The summed E-state index contributed by atoms with van der Waals surface area (Å²) in [7, 11) is 0. The summed E-state index contributed by atoms with van der Waals surface area (Å²) >= 11 is 2.94. The Morgan fingerprint density at radius 3 is 2.57 bits per heavy atom. The Morgan fingerprint density at radius 2 is 1.87 bits per heavy atom. The number of nitrogens with zero attached hydrogens (tertiary/aromatic N) is 3. The number of rotatable bonds is 4. The number of carbonyl (C=O) groups excluding carboxylic acids is 1. The molecule has 0 saturated heterocycles. The first-order valence-corrected chi connectivity index (χ1v) is 12.0. The number of aromatic nitrogens is 2. The Hall–Kier alpha value is -2.12. The highest BCUT2D eigenvalue weighted by atomic mass is 32.2. The van der Waals surface area contributed by atoms with E-state index in [1.54, 1.807) is 15.9 Å². The fraction of sp³-hybridized carbons (Fsp3) is 0.435. The van der Waals surface area contributed by atoms with Gasteiger partial charge in [0.1, 0.15) is 4.83 Å². The van der Waals surface area contributed by atoms with Crippen molar-refractivity contribution in [3.63, 3.8) is 0 Å². The Labute approximate surface area is 185 Å². The van der Waals surface area contributed by atoms with Crippen LogP contribution >= 0.6 is 23.1 Å². The van der Waals surface area contributed by atoms with Crippen LogP contribution < -0.4 is 5.56 Å². The lowest BCUT2D eigenvalue weighted by Gasteiger charge is -2.31. The second-order valence-corrected chi connectivity index (χ2v) is 10.7. The van der Waals surface area contributed by atoms with Crippen LogP contribution in [0.2, 0.25) is 0 Å². The number of thiophene rings is 1. The molecule has 1 aromatic carbocycles. The Balaban J connectivity index is 1.63. The Kier molecular flexibility index (Phi) is 5.77. The van der Waals surface area contributed by atoms with E-state index >= 15 is 0 Å². The molecular formula is C23H27N3O2S2. The van der Waals surface area contributed by atoms with E-state index in [4.69, 9.17) is 4.98 Å². The van der Waals surface area contributed by atoms with Gasteiger partial charge in [-0.2, -0.15) is 0 Å². The number of aryl methyl sites for hydroxylation is 2. The summed E-state index contributed by atoms with van der Waals surface area (Å²) in [6, 6.07) is 8.29. The van der Waals surface area contributed by atoms with Gasteiger partial charge in [-0.05, 0) is 57.7 Å². The molecular weight excluding hydrogens is 414 g/mol. The van der Waals surface area contributed by atoms with Crippen molar-refractivity contribution < 1.29 is 4.79 Å². The van der Waals surface area contributed by atoms with Crippen LogP contribution in [0.15, 0.2) is 34.2 Å². The van der Waals surface area contributed by atoms with Gasteiger partial charge in [0, 0.05) is 24.0 Å². The molecule has 7 heteroatoms. The molecule has 158 valence electrons. The van der Waals surface area contributed by atoms with Gasteiger partial charge in [-0.25, -0.2) is 4.98 Å². The van der Waals surface area contributed by atoms with Crippen molar-refractivity contribution >= 4 is 39.2 Å². The van der Waals surface area contributed by atoms with Gasteiger partial charge >= 0.3 is 0 Å². The molecule has 0 bridgehead atoms. The molecule has 1 amide bonds. The van der Waals surface area contributed by atoms with Crippen molar-refractivity contribution in [2.24, 2.45) is 0 Å². The second kappa shape index (κ2) is 8.19.